The number of aromatic nitrogens is 1. The number of fused-ring (bicyclic) bond motifs is 1. The number of carbonyl (C=O) groups excluding carboxylic acids is 2. The summed E-state index contributed by atoms with van der Waals surface area (Å²) < 4.78 is 105. The van der Waals surface area contributed by atoms with Crippen LogP contribution in [0.1, 0.15) is 83.5 Å². The molecule has 3 aromatic rings. The van der Waals surface area contributed by atoms with Crippen LogP contribution in [0.2, 0.25) is 0 Å². The van der Waals surface area contributed by atoms with Gasteiger partial charge in [0.25, 0.3) is 11.8 Å². The molecule has 2 amide bonds. The number of pyridine rings is 1. The molecule has 3 atom stereocenters. The molecule has 1 unspecified atom stereocenters. The van der Waals surface area contributed by atoms with Crippen LogP contribution >= 0.6 is 11.3 Å². The molecule has 8 nitrogen and oxygen atoms in total. The number of piperidine rings is 1. The Kier molecular flexibility index (Phi) is 10.3. The van der Waals surface area contributed by atoms with Gasteiger partial charge < -0.3 is 19.6 Å². The normalized spacial score (nSPS) is 21.3. The topological polar surface area (TPSA) is 100 Å². The molecular formula is C33H32F7N3O5S. The summed E-state index contributed by atoms with van der Waals surface area (Å²) in [5.41, 5.74) is -3.52. The van der Waals surface area contributed by atoms with Crippen LogP contribution in [-0.4, -0.2) is 62.4 Å². The fourth-order valence-corrected chi connectivity index (χ4v) is 7.55. The summed E-state index contributed by atoms with van der Waals surface area (Å²) in [4.78, 5) is 45.6. The van der Waals surface area contributed by atoms with Crippen molar-refractivity contribution >= 4 is 29.1 Å². The lowest BCUT2D eigenvalue weighted by molar-refractivity contribution is -0.165. The number of ether oxygens (including phenoxy) is 1. The molecular weight excluding hydrogens is 683 g/mol. The number of rotatable bonds is 9. The Morgan fingerprint density at radius 3 is 2.47 bits per heavy atom. The number of benzene rings is 1. The number of likely N-dealkylation sites (tertiary alicyclic amines) is 1. The number of aliphatic carboxylic acids is 1. The van der Waals surface area contributed by atoms with Gasteiger partial charge in [0.1, 0.15) is 17.3 Å². The largest absolute Gasteiger partial charge is 0.481 e. The van der Waals surface area contributed by atoms with Crippen molar-refractivity contribution in [1.82, 2.24) is 14.8 Å². The predicted octanol–water partition coefficient (Wildman–Crippen LogP) is 7.53. The highest BCUT2D eigenvalue weighted by atomic mass is 32.1. The number of amides is 2. The molecule has 0 saturated carbocycles. The molecule has 1 N–H and O–H groups in total. The standard InChI is InChI=1S/C33H32F7N3O5S/c1-2-5-25-31(48-24-12-17-49-28(24)33(38,39)40,13-4-15-43(25)29(46)27-22(32(35,36)37)6-3-14-41-27)30(47)42-16-11-19-18-20(34)7-8-21(19)23(42)9-10-26(44)45/h3,6-8,12,14,17-18,23,25H,2,4-5,9-11,13,15-16H2,1H3,(H,44,45)/t23?,25-,31+/m1/s1. The first-order valence-electron chi connectivity index (χ1n) is 15.6. The third-order valence-electron chi connectivity index (χ3n) is 8.90. The molecule has 49 heavy (non-hydrogen) atoms. The zero-order valence-electron chi connectivity index (χ0n) is 26.1. The minimum atomic E-state index is -4.96. The fraction of sp³-hybridized carbons (Fsp3) is 0.455. The summed E-state index contributed by atoms with van der Waals surface area (Å²) in [7, 11) is 0. The number of nitrogens with zero attached hydrogens (tertiary/aromatic N) is 3. The maximum Gasteiger partial charge on any atom is 0.429 e. The molecule has 2 aromatic heterocycles. The molecule has 5 rings (SSSR count). The van der Waals surface area contributed by atoms with Crippen LogP contribution in [-0.2, 0) is 28.4 Å². The monoisotopic (exact) mass is 715 g/mol. The summed E-state index contributed by atoms with van der Waals surface area (Å²) >= 11 is 0.327. The van der Waals surface area contributed by atoms with Gasteiger partial charge in [-0.1, -0.05) is 19.4 Å². The predicted molar refractivity (Wildman–Crippen MR) is 162 cm³/mol. The van der Waals surface area contributed by atoms with Gasteiger partial charge in [0.05, 0.1) is 17.6 Å². The van der Waals surface area contributed by atoms with Crippen molar-refractivity contribution in [3.05, 3.63) is 81.1 Å². The van der Waals surface area contributed by atoms with E-state index in [1.807, 2.05) is 0 Å². The van der Waals surface area contributed by atoms with Crippen molar-refractivity contribution in [2.75, 3.05) is 13.1 Å². The van der Waals surface area contributed by atoms with E-state index in [0.29, 0.717) is 28.5 Å². The van der Waals surface area contributed by atoms with Crippen molar-refractivity contribution in [2.24, 2.45) is 0 Å². The minimum Gasteiger partial charge on any atom is -0.481 e. The van der Waals surface area contributed by atoms with E-state index >= 15 is 4.79 Å². The van der Waals surface area contributed by atoms with E-state index in [9.17, 15) is 45.4 Å². The first-order chi connectivity index (χ1) is 23.1. The average molecular weight is 716 g/mol. The van der Waals surface area contributed by atoms with Crippen LogP contribution in [0.4, 0.5) is 30.7 Å². The van der Waals surface area contributed by atoms with E-state index in [2.05, 4.69) is 4.98 Å². The number of carboxylic acids is 1. The number of carbonyl (C=O) groups is 3. The van der Waals surface area contributed by atoms with Crippen molar-refractivity contribution in [3.8, 4) is 5.75 Å². The van der Waals surface area contributed by atoms with Crippen LogP contribution in [0.25, 0.3) is 0 Å². The van der Waals surface area contributed by atoms with Crippen molar-refractivity contribution in [2.45, 2.75) is 81.9 Å². The molecule has 264 valence electrons. The van der Waals surface area contributed by atoms with E-state index < -0.39 is 81.9 Å². The summed E-state index contributed by atoms with van der Waals surface area (Å²) in [6.07, 6.45) is -9.30. The number of hydrogen-bond donors (Lipinski definition) is 1. The molecule has 0 aliphatic carbocycles. The van der Waals surface area contributed by atoms with Gasteiger partial charge in [0.2, 0.25) is 5.60 Å². The van der Waals surface area contributed by atoms with E-state index in [-0.39, 0.29) is 51.6 Å². The molecule has 2 aliphatic heterocycles. The first kappa shape index (κ1) is 36.1. The van der Waals surface area contributed by atoms with Gasteiger partial charge in [-0.05, 0) is 72.5 Å². The fourth-order valence-electron chi connectivity index (χ4n) is 6.86. The number of carboxylic acid groups (broad SMARTS) is 1. The van der Waals surface area contributed by atoms with Gasteiger partial charge in [-0.15, -0.1) is 11.3 Å². The molecule has 16 heteroatoms. The van der Waals surface area contributed by atoms with Crippen LogP contribution in [0.3, 0.4) is 0 Å². The number of thiophene rings is 1. The first-order valence-corrected chi connectivity index (χ1v) is 16.4. The van der Waals surface area contributed by atoms with Gasteiger partial charge in [0.15, 0.2) is 4.88 Å². The lowest BCUT2D eigenvalue weighted by atomic mass is 9.78. The van der Waals surface area contributed by atoms with E-state index in [1.165, 1.54) is 17.0 Å². The molecule has 0 radical (unpaired) electrons. The third-order valence-corrected chi connectivity index (χ3v) is 9.84. The number of hydrogen-bond acceptors (Lipinski definition) is 6. The van der Waals surface area contributed by atoms with Gasteiger partial charge in [-0.2, -0.15) is 26.3 Å². The minimum absolute atomic E-state index is 0.0349. The molecule has 1 fully saturated rings. The Labute approximate surface area is 280 Å². The smallest absolute Gasteiger partial charge is 0.429 e. The second-order valence-corrected chi connectivity index (χ2v) is 12.9. The van der Waals surface area contributed by atoms with Crippen molar-refractivity contribution < 1.29 is 55.0 Å². The van der Waals surface area contributed by atoms with Crippen molar-refractivity contribution in [3.63, 3.8) is 0 Å². The summed E-state index contributed by atoms with van der Waals surface area (Å²) in [6, 6.07) is 4.28. The molecule has 2 aliphatic rings. The van der Waals surface area contributed by atoms with E-state index in [0.717, 1.165) is 34.7 Å². The summed E-state index contributed by atoms with van der Waals surface area (Å²) in [5, 5.41) is 10.6. The van der Waals surface area contributed by atoms with Gasteiger partial charge in [0, 0.05) is 32.1 Å². The van der Waals surface area contributed by atoms with E-state index in [4.69, 9.17) is 4.74 Å². The Bertz CT molecular complexity index is 1710. The van der Waals surface area contributed by atoms with Crippen LogP contribution < -0.4 is 4.74 Å². The number of alkyl halides is 6. The lowest BCUT2D eigenvalue weighted by Crippen LogP contribution is -2.68. The second-order valence-electron chi connectivity index (χ2n) is 11.9. The molecule has 0 bridgehead atoms. The molecule has 4 heterocycles. The zero-order chi connectivity index (χ0) is 35.7. The number of halogens is 7. The second kappa shape index (κ2) is 14.0. The van der Waals surface area contributed by atoms with Gasteiger partial charge in [-0.3, -0.25) is 19.4 Å². The Hall–Kier alpha value is -4.21. The maximum absolute atomic E-state index is 15.1. The highest BCUT2D eigenvalue weighted by Gasteiger charge is 2.57. The highest BCUT2D eigenvalue weighted by Crippen LogP contribution is 2.47. The molecule has 1 saturated heterocycles. The Balaban J connectivity index is 1.67. The Morgan fingerprint density at radius 2 is 1.80 bits per heavy atom. The zero-order valence-corrected chi connectivity index (χ0v) is 26.9. The van der Waals surface area contributed by atoms with Crippen LogP contribution in [0.15, 0.2) is 48.0 Å². The highest BCUT2D eigenvalue weighted by molar-refractivity contribution is 7.10. The van der Waals surface area contributed by atoms with Crippen LogP contribution in [0.5, 0.6) is 5.75 Å². The van der Waals surface area contributed by atoms with Gasteiger partial charge >= 0.3 is 18.3 Å². The molecule has 0 spiro atoms. The van der Waals surface area contributed by atoms with Gasteiger partial charge in [-0.25, -0.2) is 4.39 Å². The third kappa shape index (κ3) is 7.24. The lowest BCUT2D eigenvalue weighted by Gasteiger charge is -2.51. The maximum atomic E-state index is 15.1. The SMILES string of the molecule is CCC[C@H]1N(C(=O)c2ncccc2C(F)(F)F)CCC[C@@]1(Oc1ccsc1C(F)(F)F)C(=O)N1CCc2cc(F)ccc2C1CCC(=O)O. The Morgan fingerprint density at radius 1 is 1.04 bits per heavy atom. The summed E-state index contributed by atoms with van der Waals surface area (Å²) in [5.74, 6) is -4.45. The van der Waals surface area contributed by atoms with Crippen molar-refractivity contribution in [1.29, 1.82) is 0 Å². The quantitative estimate of drug-likeness (QED) is 0.230. The van der Waals surface area contributed by atoms with Crippen LogP contribution in [0, 0.1) is 5.82 Å². The average Bonchev–Trinajstić information content (AvgIpc) is 3.52. The van der Waals surface area contributed by atoms with E-state index in [1.54, 1.807) is 6.92 Å². The molecule has 1 aromatic carbocycles. The summed E-state index contributed by atoms with van der Waals surface area (Å²) in [6.45, 7) is 1.45.